The van der Waals surface area contributed by atoms with Gasteiger partial charge < -0.3 is 9.47 Å². The monoisotopic (exact) mass is 373 g/mol. The van der Waals surface area contributed by atoms with E-state index < -0.39 is 18.8 Å². The van der Waals surface area contributed by atoms with E-state index in [-0.39, 0.29) is 12.5 Å². The van der Waals surface area contributed by atoms with Crippen LogP contribution in [0.25, 0.3) is 0 Å². The number of likely N-dealkylation sites (tertiary alicyclic amines) is 1. The Morgan fingerprint density at radius 3 is 2.58 bits per heavy atom. The number of carbonyl (C=O) groups excluding carboxylic acids is 1. The second kappa shape index (κ2) is 7.96. The fraction of sp³-hybridized carbons (Fsp3) is 0.765. The summed E-state index contributed by atoms with van der Waals surface area (Å²) in [6, 6.07) is -0.411. The minimum absolute atomic E-state index is 0.203. The molecule has 6 nitrogen and oxygen atoms in total. The fourth-order valence-electron chi connectivity index (χ4n) is 3.84. The Morgan fingerprint density at radius 2 is 1.92 bits per heavy atom. The van der Waals surface area contributed by atoms with Crippen molar-refractivity contribution in [1.82, 2.24) is 24.3 Å². The zero-order valence-corrected chi connectivity index (χ0v) is 15.1. The molecule has 0 unspecified atom stereocenters. The van der Waals surface area contributed by atoms with E-state index in [9.17, 15) is 18.0 Å². The summed E-state index contributed by atoms with van der Waals surface area (Å²) in [5.74, 6) is 0.648. The normalized spacial score (nSPS) is 23.6. The molecule has 2 fully saturated rings. The Labute approximate surface area is 151 Å². The molecule has 2 saturated heterocycles. The number of aromatic nitrogens is 2. The van der Waals surface area contributed by atoms with Crippen LogP contribution in [-0.4, -0.2) is 81.6 Å². The molecule has 3 heterocycles. The van der Waals surface area contributed by atoms with E-state index in [1.54, 1.807) is 6.20 Å². The van der Waals surface area contributed by atoms with Crippen molar-refractivity contribution in [3.63, 3.8) is 0 Å². The summed E-state index contributed by atoms with van der Waals surface area (Å²) in [4.78, 5) is 22.2. The van der Waals surface area contributed by atoms with E-state index in [2.05, 4.69) is 21.4 Å². The number of piperazine rings is 1. The molecule has 146 valence electrons. The van der Waals surface area contributed by atoms with Gasteiger partial charge in [0.2, 0.25) is 5.91 Å². The number of carbonyl (C=O) groups is 1. The van der Waals surface area contributed by atoms with Crippen molar-refractivity contribution >= 4 is 5.91 Å². The fourth-order valence-corrected chi connectivity index (χ4v) is 3.84. The molecule has 3 rings (SSSR count). The van der Waals surface area contributed by atoms with Crippen LogP contribution in [0.4, 0.5) is 13.2 Å². The van der Waals surface area contributed by atoms with Crippen molar-refractivity contribution < 1.29 is 18.0 Å². The third kappa shape index (κ3) is 4.56. The molecular weight excluding hydrogens is 347 g/mol. The highest BCUT2D eigenvalue weighted by atomic mass is 19.4. The zero-order valence-electron chi connectivity index (χ0n) is 15.1. The van der Waals surface area contributed by atoms with Gasteiger partial charge in [-0.15, -0.1) is 0 Å². The van der Waals surface area contributed by atoms with E-state index >= 15 is 0 Å². The minimum Gasteiger partial charge on any atom is -0.334 e. The predicted octanol–water partition coefficient (Wildman–Crippen LogP) is 1.57. The van der Waals surface area contributed by atoms with Gasteiger partial charge in [-0.25, -0.2) is 4.98 Å². The summed E-state index contributed by atoms with van der Waals surface area (Å²) in [6.45, 7) is 5.75. The molecule has 0 N–H and O–H groups in total. The van der Waals surface area contributed by atoms with Crippen LogP contribution < -0.4 is 0 Å². The maximum atomic E-state index is 12.7. The van der Waals surface area contributed by atoms with E-state index in [4.69, 9.17) is 0 Å². The van der Waals surface area contributed by atoms with Crippen molar-refractivity contribution in [2.45, 2.75) is 45.1 Å². The number of piperidine rings is 1. The van der Waals surface area contributed by atoms with Gasteiger partial charge in [-0.3, -0.25) is 14.6 Å². The average molecular weight is 373 g/mol. The van der Waals surface area contributed by atoms with Crippen LogP contribution in [0.15, 0.2) is 12.4 Å². The number of halogens is 3. The average Bonchev–Trinajstić information content (AvgIpc) is 3.04. The second-order valence-corrected chi connectivity index (χ2v) is 6.97. The third-order valence-corrected chi connectivity index (χ3v) is 5.23. The third-order valence-electron chi connectivity index (χ3n) is 5.23. The van der Waals surface area contributed by atoms with E-state index in [0.717, 1.165) is 36.9 Å². The first kappa shape index (κ1) is 19.2. The first-order valence-electron chi connectivity index (χ1n) is 9.19. The van der Waals surface area contributed by atoms with Crippen LogP contribution in [0.1, 0.15) is 25.6 Å². The van der Waals surface area contributed by atoms with Gasteiger partial charge in [0, 0.05) is 51.7 Å². The van der Waals surface area contributed by atoms with Crippen molar-refractivity contribution in [1.29, 1.82) is 0 Å². The Kier molecular flexibility index (Phi) is 5.86. The topological polar surface area (TPSA) is 44.6 Å². The van der Waals surface area contributed by atoms with Crippen LogP contribution in [0.3, 0.4) is 0 Å². The van der Waals surface area contributed by atoms with Gasteiger partial charge in [-0.05, 0) is 19.8 Å². The number of hydrogen-bond donors (Lipinski definition) is 0. The molecule has 1 amide bonds. The van der Waals surface area contributed by atoms with Crippen molar-refractivity contribution in [3.8, 4) is 0 Å². The Morgan fingerprint density at radius 1 is 1.19 bits per heavy atom. The Hall–Kier alpha value is -1.61. The molecule has 0 spiro atoms. The smallest absolute Gasteiger partial charge is 0.334 e. The lowest BCUT2D eigenvalue weighted by Crippen LogP contribution is -2.58. The van der Waals surface area contributed by atoms with Crippen molar-refractivity contribution in [2.75, 3.05) is 39.3 Å². The summed E-state index contributed by atoms with van der Waals surface area (Å²) in [7, 11) is 0. The molecule has 0 bridgehead atoms. The molecule has 9 heteroatoms. The molecule has 1 atom stereocenters. The summed E-state index contributed by atoms with van der Waals surface area (Å²) in [5.41, 5.74) is 0. The van der Waals surface area contributed by atoms with Crippen molar-refractivity contribution in [2.24, 2.45) is 0 Å². The molecule has 2 aliphatic heterocycles. The second-order valence-electron chi connectivity index (χ2n) is 6.97. The molecule has 0 radical (unpaired) electrons. The van der Waals surface area contributed by atoms with Crippen LogP contribution in [0.5, 0.6) is 0 Å². The molecule has 0 saturated carbocycles. The summed E-state index contributed by atoms with van der Waals surface area (Å²) < 4.78 is 40.1. The molecule has 1 aromatic heterocycles. The van der Waals surface area contributed by atoms with Crippen LogP contribution in [0.2, 0.25) is 0 Å². The maximum absolute atomic E-state index is 12.7. The standard InChI is InChI=1S/C17H26F3N5O/c1-2-23-7-5-21-15(23)12-22-8-10-24(11-9-22)14-4-3-6-25(16(14)26)13-17(18,19)20/h5,7,14H,2-4,6,8-13H2,1H3/t14-/m1/s1. The maximum Gasteiger partial charge on any atom is 0.406 e. The first-order valence-corrected chi connectivity index (χ1v) is 9.19. The van der Waals surface area contributed by atoms with Gasteiger partial charge in [0.1, 0.15) is 12.4 Å². The number of rotatable bonds is 5. The highest BCUT2D eigenvalue weighted by Gasteiger charge is 2.39. The molecule has 0 aliphatic carbocycles. The first-order chi connectivity index (χ1) is 12.4. The summed E-state index contributed by atoms with van der Waals surface area (Å²) >= 11 is 0. The number of alkyl halides is 3. The van der Waals surface area contributed by atoms with Gasteiger partial charge in [0.15, 0.2) is 0 Å². The largest absolute Gasteiger partial charge is 0.406 e. The quantitative estimate of drug-likeness (QED) is 0.786. The van der Waals surface area contributed by atoms with Gasteiger partial charge in [0.25, 0.3) is 0 Å². The zero-order chi connectivity index (χ0) is 18.7. The predicted molar refractivity (Wildman–Crippen MR) is 90.4 cm³/mol. The van der Waals surface area contributed by atoms with Gasteiger partial charge >= 0.3 is 6.18 Å². The van der Waals surface area contributed by atoms with Crippen LogP contribution in [0, 0.1) is 0 Å². The van der Waals surface area contributed by atoms with E-state index in [1.807, 2.05) is 11.1 Å². The van der Waals surface area contributed by atoms with E-state index in [0.29, 0.717) is 25.9 Å². The molecule has 0 aromatic carbocycles. The number of imidazole rings is 1. The van der Waals surface area contributed by atoms with Gasteiger partial charge in [-0.1, -0.05) is 0 Å². The van der Waals surface area contributed by atoms with Gasteiger partial charge in [0.05, 0.1) is 12.6 Å². The van der Waals surface area contributed by atoms with E-state index in [1.165, 1.54) is 0 Å². The van der Waals surface area contributed by atoms with Crippen LogP contribution in [-0.2, 0) is 17.9 Å². The SMILES string of the molecule is CCn1ccnc1CN1CCN([C@@H]2CCCN(CC(F)(F)F)C2=O)CC1. The lowest BCUT2D eigenvalue weighted by molar-refractivity contribution is -0.168. The summed E-state index contributed by atoms with van der Waals surface area (Å²) in [5, 5.41) is 0. The molecule has 1 aromatic rings. The number of amides is 1. The Bertz CT molecular complexity index is 610. The lowest BCUT2D eigenvalue weighted by atomic mass is 10.0. The minimum atomic E-state index is -4.34. The molecule has 2 aliphatic rings. The number of nitrogens with zero attached hydrogens (tertiary/aromatic N) is 5. The highest BCUT2D eigenvalue weighted by molar-refractivity contribution is 5.82. The highest BCUT2D eigenvalue weighted by Crippen LogP contribution is 2.24. The molecule has 26 heavy (non-hydrogen) atoms. The number of hydrogen-bond acceptors (Lipinski definition) is 4. The van der Waals surface area contributed by atoms with Crippen molar-refractivity contribution in [3.05, 3.63) is 18.2 Å². The number of aryl methyl sites for hydroxylation is 1. The summed E-state index contributed by atoms with van der Waals surface area (Å²) in [6.07, 6.45) is 0.692. The van der Waals surface area contributed by atoms with Gasteiger partial charge in [-0.2, -0.15) is 13.2 Å². The van der Waals surface area contributed by atoms with Crippen LogP contribution >= 0.6 is 0 Å². The lowest BCUT2D eigenvalue weighted by Gasteiger charge is -2.42. The molecular formula is C17H26F3N5O. The Balaban J connectivity index is 1.53.